The van der Waals surface area contributed by atoms with Crippen LogP contribution in [0.4, 0.5) is 5.82 Å². The monoisotopic (exact) mass is 293 g/mol. The highest BCUT2D eigenvalue weighted by Gasteiger charge is 2.25. The summed E-state index contributed by atoms with van der Waals surface area (Å²) < 4.78 is 5.45. The minimum absolute atomic E-state index is 0.160. The molecule has 1 heterocycles. The van der Waals surface area contributed by atoms with Crippen LogP contribution in [0.25, 0.3) is 0 Å². The van der Waals surface area contributed by atoms with Gasteiger partial charge in [-0.05, 0) is 38.0 Å². The van der Waals surface area contributed by atoms with Gasteiger partial charge >= 0.3 is 5.97 Å². The van der Waals surface area contributed by atoms with Crippen LogP contribution < -0.4 is 10.1 Å². The third-order valence-corrected chi connectivity index (χ3v) is 3.83. The molecule has 0 aliphatic heterocycles. The van der Waals surface area contributed by atoms with Crippen LogP contribution in [0.2, 0.25) is 0 Å². The van der Waals surface area contributed by atoms with Crippen molar-refractivity contribution in [2.75, 3.05) is 18.5 Å². The van der Waals surface area contributed by atoms with E-state index in [1.54, 1.807) is 12.4 Å². The second-order valence-corrected chi connectivity index (χ2v) is 5.53. The number of carboxylic acids is 1. The van der Waals surface area contributed by atoms with Crippen molar-refractivity contribution >= 4 is 11.8 Å². The van der Waals surface area contributed by atoms with Gasteiger partial charge in [0.05, 0.1) is 24.9 Å². The van der Waals surface area contributed by atoms with E-state index in [-0.39, 0.29) is 5.92 Å². The van der Waals surface area contributed by atoms with Gasteiger partial charge in [-0.3, -0.25) is 9.78 Å². The molecule has 1 aliphatic carbocycles. The van der Waals surface area contributed by atoms with Crippen molar-refractivity contribution < 1.29 is 14.6 Å². The molecule has 0 spiro atoms. The third kappa shape index (κ3) is 4.88. The average Bonchev–Trinajstić information content (AvgIpc) is 2.52. The van der Waals surface area contributed by atoms with Crippen LogP contribution in [0, 0.1) is 11.8 Å². The molecule has 1 aromatic rings. The Labute approximate surface area is 124 Å². The molecule has 0 radical (unpaired) electrons. The summed E-state index contributed by atoms with van der Waals surface area (Å²) in [7, 11) is 0. The van der Waals surface area contributed by atoms with Crippen molar-refractivity contribution in [3.63, 3.8) is 0 Å². The van der Waals surface area contributed by atoms with E-state index < -0.39 is 5.97 Å². The number of aromatic nitrogens is 2. The van der Waals surface area contributed by atoms with Gasteiger partial charge in [0.25, 0.3) is 0 Å². The minimum atomic E-state index is -0.659. The van der Waals surface area contributed by atoms with Crippen LogP contribution >= 0.6 is 0 Å². The smallest absolute Gasteiger partial charge is 0.306 e. The maximum atomic E-state index is 10.9. The van der Waals surface area contributed by atoms with Gasteiger partial charge in [0.2, 0.25) is 5.88 Å². The summed E-state index contributed by atoms with van der Waals surface area (Å²) in [6, 6.07) is 0. The number of nitrogens with one attached hydrogen (secondary N) is 1. The second kappa shape index (κ2) is 7.81. The predicted molar refractivity (Wildman–Crippen MR) is 79.4 cm³/mol. The first kappa shape index (κ1) is 15.5. The van der Waals surface area contributed by atoms with E-state index in [2.05, 4.69) is 15.3 Å². The van der Waals surface area contributed by atoms with Crippen molar-refractivity contribution in [1.29, 1.82) is 0 Å². The van der Waals surface area contributed by atoms with E-state index >= 15 is 0 Å². The van der Waals surface area contributed by atoms with Crippen molar-refractivity contribution in [3.8, 4) is 5.88 Å². The number of ether oxygens (including phenoxy) is 1. The normalized spacial score (nSPS) is 21.8. The molecule has 2 N–H and O–H groups in total. The maximum Gasteiger partial charge on any atom is 0.306 e. The Hall–Kier alpha value is -1.85. The summed E-state index contributed by atoms with van der Waals surface area (Å²) in [5.41, 5.74) is 0. The Morgan fingerprint density at radius 1 is 1.38 bits per heavy atom. The zero-order valence-corrected chi connectivity index (χ0v) is 12.4. The fourth-order valence-electron chi connectivity index (χ4n) is 2.57. The summed E-state index contributed by atoms with van der Waals surface area (Å²) >= 11 is 0. The van der Waals surface area contributed by atoms with E-state index in [1.165, 1.54) is 0 Å². The van der Waals surface area contributed by atoms with Crippen LogP contribution in [0.3, 0.4) is 0 Å². The molecule has 2 rings (SSSR count). The highest BCUT2D eigenvalue weighted by Crippen LogP contribution is 2.29. The molecule has 1 saturated carbocycles. The first-order valence-corrected chi connectivity index (χ1v) is 7.60. The molecule has 0 saturated heterocycles. The lowest BCUT2D eigenvalue weighted by atomic mass is 9.82. The SMILES string of the molecule is CCCOc1cncc(NCC2CCC(C(=O)O)CC2)n1. The second-order valence-electron chi connectivity index (χ2n) is 5.53. The number of anilines is 1. The number of hydrogen-bond donors (Lipinski definition) is 2. The summed E-state index contributed by atoms with van der Waals surface area (Å²) in [5, 5.41) is 12.3. The standard InChI is InChI=1S/C15H23N3O3/c1-2-7-21-14-10-16-9-13(18-14)17-8-11-3-5-12(6-4-11)15(19)20/h9-12H,2-8H2,1H3,(H,17,18)(H,19,20). The summed E-state index contributed by atoms with van der Waals surface area (Å²) in [6.45, 7) is 3.48. The summed E-state index contributed by atoms with van der Waals surface area (Å²) in [6.07, 6.45) is 7.67. The highest BCUT2D eigenvalue weighted by molar-refractivity contribution is 5.69. The van der Waals surface area contributed by atoms with Crippen LogP contribution in [0.15, 0.2) is 12.4 Å². The molecule has 21 heavy (non-hydrogen) atoms. The maximum absolute atomic E-state index is 10.9. The molecule has 6 heteroatoms. The van der Waals surface area contributed by atoms with E-state index in [4.69, 9.17) is 9.84 Å². The zero-order chi connectivity index (χ0) is 15.1. The number of hydrogen-bond acceptors (Lipinski definition) is 5. The van der Waals surface area contributed by atoms with Gasteiger partial charge in [-0.2, -0.15) is 4.98 Å². The molecule has 0 aromatic carbocycles. The number of aliphatic carboxylic acids is 1. The fraction of sp³-hybridized carbons (Fsp3) is 0.667. The van der Waals surface area contributed by atoms with Gasteiger partial charge in [0.15, 0.2) is 0 Å². The lowest BCUT2D eigenvalue weighted by Gasteiger charge is -2.26. The van der Waals surface area contributed by atoms with Crippen molar-refractivity contribution in [2.24, 2.45) is 11.8 Å². The van der Waals surface area contributed by atoms with Crippen molar-refractivity contribution in [2.45, 2.75) is 39.0 Å². The molecular formula is C15H23N3O3. The number of carboxylic acid groups (broad SMARTS) is 1. The van der Waals surface area contributed by atoms with Gasteiger partial charge in [-0.1, -0.05) is 6.92 Å². The molecule has 0 bridgehead atoms. The summed E-state index contributed by atoms with van der Waals surface area (Å²) in [4.78, 5) is 19.4. The predicted octanol–water partition coefficient (Wildman–Crippen LogP) is 2.57. The third-order valence-electron chi connectivity index (χ3n) is 3.83. The molecule has 1 aliphatic rings. The lowest BCUT2D eigenvalue weighted by Crippen LogP contribution is -2.25. The van der Waals surface area contributed by atoms with Crippen LogP contribution in [-0.4, -0.2) is 34.2 Å². The number of carbonyl (C=O) groups is 1. The van der Waals surface area contributed by atoms with Gasteiger partial charge in [-0.15, -0.1) is 0 Å². The zero-order valence-electron chi connectivity index (χ0n) is 12.4. The molecule has 6 nitrogen and oxygen atoms in total. The first-order valence-electron chi connectivity index (χ1n) is 7.60. The van der Waals surface area contributed by atoms with Crippen LogP contribution in [-0.2, 0) is 4.79 Å². The van der Waals surface area contributed by atoms with Gasteiger partial charge in [0, 0.05) is 6.54 Å². The molecule has 1 fully saturated rings. The average molecular weight is 293 g/mol. The fourth-order valence-corrected chi connectivity index (χ4v) is 2.57. The minimum Gasteiger partial charge on any atom is -0.481 e. The first-order chi connectivity index (χ1) is 10.2. The highest BCUT2D eigenvalue weighted by atomic mass is 16.5. The molecular weight excluding hydrogens is 270 g/mol. The van der Waals surface area contributed by atoms with Gasteiger partial charge in [0.1, 0.15) is 5.82 Å². The van der Waals surface area contributed by atoms with Crippen molar-refractivity contribution in [1.82, 2.24) is 9.97 Å². The Kier molecular flexibility index (Phi) is 5.78. The Morgan fingerprint density at radius 3 is 2.81 bits per heavy atom. The Bertz CT molecular complexity index is 459. The molecule has 1 aromatic heterocycles. The van der Waals surface area contributed by atoms with Crippen LogP contribution in [0.5, 0.6) is 5.88 Å². The number of rotatable bonds is 7. The molecule has 0 atom stereocenters. The quantitative estimate of drug-likeness (QED) is 0.803. The van der Waals surface area contributed by atoms with E-state index in [0.29, 0.717) is 24.2 Å². The van der Waals surface area contributed by atoms with Gasteiger partial charge < -0.3 is 15.2 Å². The Morgan fingerprint density at radius 2 is 2.14 bits per heavy atom. The molecule has 0 amide bonds. The topological polar surface area (TPSA) is 84.3 Å². The van der Waals surface area contributed by atoms with E-state index in [9.17, 15) is 4.79 Å². The molecule has 0 unspecified atom stereocenters. The van der Waals surface area contributed by atoms with Crippen molar-refractivity contribution in [3.05, 3.63) is 12.4 Å². The van der Waals surface area contributed by atoms with E-state index in [0.717, 1.165) is 38.6 Å². The number of nitrogens with zero attached hydrogens (tertiary/aromatic N) is 2. The summed E-state index contributed by atoms with van der Waals surface area (Å²) in [5.74, 6) is 0.933. The van der Waals surface area contributed by atoms with Gasteiger partial charge in [-0.25, -0.2) is 0 Å². The van der Waals surface area contributed by atoms with E-state index in [1.807, 2.05) is 6.92 Å². The van der Waals surface area contributed by atoms with Crippen LogP contribution in [0.1, 0.15) is 39.0 Å². The Balaban J connectivity index is 1.77. The lowest BCUT2D eigenvalue weighted by molar-refractivity contribution is -0.143. The molecule has 116 valence electrons. The largest absolute Gasteiger partial charge is 0.481 e.